The monoisotopic (exact) mass is 346 g/mol. The Balaban J connectivity index is 1.72. The Morgan fingerprint density at radius 3 is 2.92 bits per heavy atom. The summed E-state index contributed by atoms with van der Waals surface area (Å²) in [6.07, 6.45) is 6.48. The van der Waals surface area contributed by atoms with E-state index in [4.69, 9.17) is 4.74 Å². The third-order valence-electron chi connectivity index (χ3n) is 5.07. The second kappa shape index (κ2) is 10.4. The van der Waals surface area contributed by atoms with Crippen molar-refractivity contribution in [3.8, 4) is 5.75 Å². The Bertz CT molecular complexity index is 532. The molecule has 1 aliphatic rings. The van der Waals surface area contributed by atoms with E-state index in [0.717, 1.165) is 36.9 Å². The topological polar surface area (TPSA) is 41.6 Å². The number of hydrogen-bond donors (Lipinski definition) is 1. The molecule has 25 heavy (non-hydrogen) atoms. The van der Waals surface area contributed by atoms with E-state index in [1.54, 1.807) is 0 Å². The van der Waals surface area contributed by atoms with E-state index in [1.165, 1.54) is 32.2 Å². The molecular weight excluding hydrogens is 312 g/mol. The highest BCUT2D eigenvalue weighted by molar-refractivity contribution is 5.81. The zero-order valence-corrected chi connectivity index (χ0v) is 16.1. The number of rotatable bonds is 9. The van der Waals surface area contributed by atoms with E-state index in [2.05, 4.69) is 17.1 Å². The average Bonchev–Trinajstić information content (AvgIpc) is 2.63. The van der Waals surface area contributed by atoms with Gasteiger partial charge >= 0.3 is 0 Å². The normalized spacial score (nSPS) is 19.4. The first kappa shape index (κ1) is 19.8. The van der Waals surface area contributed by atoms with Gasteiger partial charge in [-0.1, -0.05) is 32.4 Å². The van der Waals surface area contributed by atoms with E-state index < -0.39 is 6.10 Å². The van der Waals surface area contributed by atoms with Gasteiger partial charge in [0, 0.05) is 19.1 Å². The summed E-state index contributed by atoms with van der Waals surface area (Å²) >= 11 is 0. The smallest absolute Gasteiger partial charge is 0.261 e. The minimum atomic E-state index is -0.417. The van der Waals surface area contributed by atoms with Gasteiger partial charge in [0.2, 0.25) is 0 Å². The van der Waals surface area contributed by atoms with Gasteiger partial charge in [-0.25, -0.2) is 0 Å². The Morgan fingerprint density at radius 2 is 2.20 bits per heavy atom. The van der Waals surface area contributed by atoms with Gasteiger partial charge in [-0.3, -0.25) is 4.79 Å². The van der Waals surface area contributed by atoms with Crippen LogP contribution in [0.4, 0.5) is 0 Å². The fourth-order valence-electron chi connectivity index (χ4n) is 3.60. The van der Waals surface area contributed by atoms with Crippen LogP contribution in [0.3, 0.4) is 0 Å². The molecule has 4 heteroatoms. The molecule has 0 aliphatic carbocycles. The first-order valence-corrected chi connectivity index (χ1v) is 9.89. The van der Waals surface area contributed by atoms with Gasteiger partial charge in [0.05, 0.1) is 0 Å². The van der Waals surface area contributed by atoms with E-state index in [-0.39, 0.29) is 5.91 Å². The molecule has 2 rings (SSSR count). The van der Waals surface area contributed by atoms with Crippen LogP contribution in [-0.4, -0.2) is 42.6 Å². The number of nitrogens with zero attached hydrogens (tertiary/aromatic N) is 1. The van der Waals surface area contributed by atoms with E-state index in [0.29, 0.717) is 6.42 Å². The van der Waals surface area contributed by atoms with Crippen molar-refractivity contribution < 1.29 is 9.53 Å². The zero-order valence-electron chi connectivity index (χ0n) is 16.1. The van der Waals surface area contributed by atoms with Crippen LogP contribution in [0.2, 0.25) is 0 Å². The summed E-state index contributed by atoms with van der Waals surface area (Å²) in [4.78, 5) is 15.0. The molecule has 0 radical (unpaired) electrons. The Morgan fingerprint density at radius 1 is 1.36 bits per heavy atom. The fraction of sp³-hybridized carbons (Fsp3) is 0.667. The van der Waals surface area contributed by atoms with Crippen molar-refractivity contribution in [2.45, 2.75) is 71.4 Å². The lowest BCUT2D eigenvalue weighted by atomic mass is 10.00. The van der Waals surface area contributed by atoms with Crippen LogP contribution >= 0.6 is 0 Å². The van der Waals surface area contributed by atoms with Crippen molar-refractivity contribution in [2.75, 3.05) is 19.6 Å². The molecule has 0 unspecified atom stereocenters. The van der Waals surface area contributed by atoms with Crippen molar-refractivity contribution in [3.05, 3.63) is 29.8 Å². The molecule has 0 saturated carbocycles. The standard InChI is InChI=1S/C21H34N2O2/c1-4-18-11-6-7-14-23(18)15-9-13-22-21(24)20(5-2)25-19-12-8-10-17(3)16-19/h8,10,12,16,18,20H,4-7,9,11,13-15H2,1-3H3,(H,22,24)/t18-,20+/m1/s1. The maximum absolute atomic E-state index is 12.4. The van der Waals surface area contributed by atoms with Crippen LogP contribution in [0.15, 0.2) is 24.3 Å². The van der Waals surface area contributed by atoms with Crippen molar-refractivity contribution in [2.24, 2.45) is 0 Å². The second-order valence-electron chi connectivity index (χ2n) is 7.07. The van der Waals surface area contributed by atoms with Crippen molar-refractivity contribution in [3.63, 3.8) is 0 Å². The van der Waals surface area contributed by atoms with Gasteiger partial charge in [-0.2, -0.15) is 0 Å². The lowest BCUT2D eigenvalue weighted by molar-refractivity contribution is -0.128. The SMILES string of the molecule is CC[C@@H]1CCCCN1CCCNC(=O)[C@H](CC)Oc1cccc(C)c1. The summed E-state index contributed by atoms with van der Waals surface area (Å²) in [7, 11) is 0. The molecule has 2 atom stereocenters. The van der Waals surface area contributed by atoms with Crippen LogP contribution in [0.25, 0.3) is 0 Å². The van der Waals surface area contributed by atoms with Gasteiger partial charge in [0.25, 0.3) is 5.91 Å². The Labute approximate surface area is 152 Å². The molecule has 1 aliphatic heterocycles. The molecule has 1 aromatic rings. The second-order valence-corrected chi connectivity index (χ2v) is 7.07. The Hall–Kier alpha value is -1.55. The van der Waals surface area contributed by atoms with Crippen molar-refractivity contribution >= 4 is 5.91 Å². The summed E-state index contributed by atoms with van der Waals surface area (Å²) < 4.78 is 5.87. The number of nitrogens with one attached hydrogen (secondary N) is 1. The number of hydrogen-bond acceptors (Lipinski definition) is 3. The minimum absolute atomic E-state index is 0.00491. The molecule has 1 amide bonds. The maximum atomic E-state index is 12.4. The van der Waals surface area contributed by atoms with Crippen LogP contribution in [0.5, 0.6) is 5.75 Å². The number of aryl methyl sites for hydroxylation is 1. The maximum Gasteiger partial charge on any atom is 0.261 e. The molecule has 1 fully saturated rings. The number of carbonyl (C=O) groups is 1. The largest absolute Gasteiger partial charge is 0.481 e. The minimum Gasteiger partial charge on any atom is -0.481 e. The molecule has 0 aromatic heterocycles. The third-order valence-corrected chi connectivity index (χ3v) is 5.07. The van der Waals surface area contributed by atoms with Crippen LogP contribution in [0.1, 0.15) is 57.9 Å². The van der Waals surface area contributed by atoms with Crippen LogP contribution < -0.4 is 10.1 Å². The number of benzene rings is 1. The molecule has 1 saturated heterocycles. The van der Waals surface area contributed by atoms with E-state index >= 15 is 0 Å². The van der Waals surface area contributed by atoms with Gasteiger partial charge in [-0.15, -0.1) is 0 Å². The summed E-state index contributed by atoms with van der Waals surface area (Å²) in [6.45, 7) is 9.30. The molecule has 1 aromatic carbocycles. The van der Waals surface area contributed by atoms with E-state index in [9.17, 15) is 4.79 Å². The Kier molecular flexibility index (Phi) is 8.26. The lowest BCUT2D eigenvalue weighted by Crippen LogP contribution is -2.42. The predicted molar refractivity (Wildman–Crippen MR) is 103 cm³/mol. The van der Waals surface area contributed by atoms with Gasteiger partial charge in [0.15, 0.2) is 6.10 Å². The molecule has 4 nitrogen and oxygen atoms in total. The van der Waals surface area contributed by atoms with Gasteiger partial charge in [0.1, 0.15) is 5.75 Å². The van der Waals surface area contributed by atoms with Crippen molar-refractivity contribution in [1.29, 1.82) is 0 Å². The van der Waals surface area contributed by atoms with E-state index in [1.807, 2.05) is 38.1 Å². The summed E-state index contributed by atoms with van der Waals surface area (Å²) in [6, 6.07) is 8.59. The highest BCUT2D eigenvalue weighted by Gasteiger charge is 2.21. The molecule has 0 spiro atoms. The number of piperidine rings is 1. The molecular formula is C21H34N2O2. The quantitative estimate of drug-likeness (QED) is 0.689. The van der Waals surface area contributed by atoms with Gasteiger partial charge < -0.3 is 15.0 Å². The van der Waals surface area contributed by atoms with Crippen LogP contribution in [-0.2, 0) is 4.79 Å². The first-order chi connectivity index (χ1) is 12.1. The molecule has 1 heterocycles. The number of carbonyl (C=O) groups excluding carboxylic acids is 1. The zero-order chi connectivity index (χ0) is 18.1. The average molecular weight is 347 g/mol. The number of ether oxygens (including phenoxy) is 1. The van der Waals surface area contributed by atoms with Crippen molar-refractivity contribution in [1.82, 2.24) is 10.2 Å². The highest BCUT2D eigenvalue weighted by Crippen LogP contribution is 2.19. The molecule has 1 N–H and O–H groups in total. The van der Waals surface area contributed by atoms with Crippen LogP contribution in [0, 0.1) is 6.92 Å². The third kappa shape index (κ3) is 6.35. The predicted octanol–water partition coefficient (Wildman–Crippen LogP) is 3.92. The summed E-state index contributed by atoms with van der Waals surface area (Å²) in [5.41, 5.74) is 1.14. The summed E-state index contributed by atoms with van der Waals surface area (Å²) in [5, 5.41) is 3.05. The fourth-order valence-corrected chi connectivity index (χ4v) is 3.60. The number of amides is 1. The van der Waals surface area contributed by atoms with Gasteiger partial charge in [-0.05, 0) is 63.3 Å². The number of likely N-dealkylation sites (tertiary alicyclic amines) is 1. The first-order valence-electron chi connectivity index (χ1n) is 9.89. The molecule has 0 bridgehead atoms. The lowest BCUT2D eigenvalue weighted by Gasteiger charge is -2.35. The highest BCUT2D eigenvalue weighted by atomic mass is 16.5. The molecule has 140 valence electrons. The summed E-state index contributed by atoms with van der Waals surface area (Å²) in [5.74, 6) is 0.760.